The topological polar surface area (TPSA) is 28.7 Å². The van der Waals surface area contributed by atoms with Crippen molar-refractivity contribution in [3.05, 3.63) is 34.4 Å². The van der Waals surface area contributed by atoms with E-state index in [9.17, 15) is 0 Å². The van der Waals surface area contributed by atoms with Gasteiger partial charge in [0, 0.05) is 19.5 Å². The van der Waals surface area contributed by atoms with E-state index < -0.39 is 0 Å². The molecule has 1 saturated carbocycles. The molecule has 1 unspecified atom stereocenters. The Hall–Kier alpha value is -1.31. The van der Waals surface area contributed by atoms with Crippen molar-refractivity contribution in [1.29, 1.82) is 0 Å². The average molecular weight is 258 g/mol. The van der Waals surface area contributed by atoms with Gasteiger partial charge in [-0.05, 0) is 48.8 Å². The summed E-state index contributed by atoms with van der Waals surface area (Å²) in [5.74, 6) is 2.46. The van der Waals surface area contributed by atoms with Gasteiger partial charge in [0.1, 0.15) is 5.82 Å². The summed E-state index contributed by atoms with van der Waals surface area (Å²) in [5.41, 5.74) is 5.58. The maximum atomic E-state index is 4.79. The highest BCUT2D eigenvalue weighted by Crippen LogP contribution is 2.34. The Morgan fingerprint density at radius 1 is 1.26 bits per heavy atom. The molecule has 1 aromatic rings. The molecule has 104 valence electrons. The van der Waals surface area contributed by atoms with Crippen LogP contribution in [-0.2, 0) is 6.42 Å². The average Bonchev–Trinajstić information content (AvgIpc) is 2.60. The van der Waals surface area contributed by atoms with Crippen molar-refractivity contribution in [3.8, 4) is 0 Å². The van der Waals surface area contributed by atoms with Gasteiger partial charge in [0.15, 0.2) is 0 Å². The van der Waals surface area contributed by atoms with Crippen molar-refractivity contribution in [1.82, 2.24) is 9.97 Å². The Morgan fingerprint density at radius 2 is 2.00 bits per heavy atom. The molecule has 1 N–H and O–H groups in total. The van der Waals surface area contributed by atoms with E-state index in [1.807, 2.05) is 0 Å². The minimum atomic E-state index is 0. The van der Waals surface area contributed by atoms with Crippen LogP contribution in [0.1, 0.15) is 71.0 Å². The number of H-pyrrole nitrogens is 1. The number of aromatic amines is 1. The predicted molar refractivity (Wildman–Crippen MR) is 82.2 cm³/mol. The van der Waals surface area contributed by atoms with Gasteiger partial charge in [-0.2, -0.15) is 0 Å². The fourth-order valence-corrected chi connectivity index (χ4v) is 3.05. The highest BCUT2D eigenvalue weighted by molar-refractivity contribution is 5.60. The minimum Gasteiger partial charge on any atom is -0.345 e. The molecule has 1 atom stereocenters. The third-order valence-electron chi connectivity index (χ3n) is 4.46. The summed E-state index contributed by atoms with van der Waals surface area (Å²) in [7, 11) is 0. The number of nitrogens with zero attached hydrogens (tertiary/aromatic N) is 1. The molecular formula is C17H26N2. The predicted octanol–water partition coefficient (Wildman–Crippen LogP) is 4.86. The van der Waals surface area contributed by atoms with E-state index >= 15 is 0 Å². The van der Waals surface area contributed by atoms with E-state index in [2.05, 4.69) is 37.9 Å². The van der Waals surface area contributed by atoms with Crippen molar-refractivity contribution in [3.63, 3.8) is 0 Å². The second-order valence-corrected chi connectivity index (χ2v) is 6.43. The molecule has 2 heteroatoms. The standard InChI is InChI=1S/C17H24N2.H2/c1-11(2)17-18-15-9-8-13-6-4-12(3)5-7-14(13)10-16(15)19-17;/h8,10-12H,4-7,9H2,1-3H3,(H,18,19);1H. The van der Waals surface area contributed by atoms with Crippen molar-refractivity contribution >= 4 is 6.08 Å². The van der Waals surface area contributed by atoms with Crippen LogP contribution in [0.2, 0.25) is 0 Å². The summed E-state index contributed by atoms with van der Waals surface area (Å²) < 4.78 is 0. The molecule has 1 fully saturated rings. The lowest BCUT2D eigenvalue weighted by molar-refractivity contribution is 0.514. The van der Waals surface area contributed by atoms with Crippen LogP contribution in [0.4, 0.5) is 0 Å². The fourth-order valence-electron chi connectivity index (χ4n) is 3.05. The molecule has 3 rings (SSSR count). The van der Waals surface area contributed by atoms with Crippen LogP contribution in [0.25, 0.3) is 6.08 Å². The van der Waals surface area contributed by atoms with Gasteiger partial charge < -0.3 is 4.98 Å². The normalized spacial score (nSPS) is 23.1. The van der Waals surface area contributed by atoms with Crippen LogP contribution in [0.15, 0.2) is 17.2 Å². The first-order chi connectivity index (χ1) is 9.13. The number of hydrogen-bond donors (Lipinski definition) is 1. The van der Waals surface area contributed by atoms with Gasteiger partial charge in [0.05, 0.1) is 5.69 Å². The lowest BCUT2D eigenvalue weighted by Gasteiger charge is -2.05. The Balaban J connectivity index is 0.00000147. The lowest BCUT2D eigenvalue weighted by atomic mass is 10.0. The summed E-state index contributed by atoms with van der Waals surface area (Å²) in [6.45, 7) is 6.77. The van der Waals surface area contributed by atoms with Crippen LogP contribution in [0.5, 0.6) is 0 Å². The third-order valence-corrected chi connectivity index (χ3v) is 4.46. The summed E-state index contributed by atoms with van der Waals surface area (Å²) in [4.78, 5) is 8.29. The number of aromatic nitrogens is 2. The van der Waals surface area contributed by atoms with Crippen molar-refractivity contribution in [2.75, 3.05) is 0 Å². The molecule has 2 aliphatic carbocycles. The number of imidazole rings is 1. The first-order valence-corrected chi connectivity index (χ1v) is 7.62. The maximum absolute atomic E-state index is 4.79. The molecule has 19 heavy (non-hydrogen) atoms. The first kappa shape index (κ1) is 12.7. The van der Waals surface area contributed by atoms with E-state index in [-0.39, 0.29) is 1.43 Å². The smallest absolute Gasteiger partial charge is 0.109 e. The Kier molecular flexibility index (Phi) is 3.34. The van der Waals surface area contributed by atoms with Crippen molar-refractivity contribution in [2.24, 2.45) is 5.92 Å². The van der Waals surface area contributed by atoms with Crippen LogP contribution in [-0.4, -0.2) is 9.97 Å². The van der Waals surface area contributed by atoms with E-state index in [0.717, 1.165) is 18.2 Å². The zero-order valence-corrected chi connectivity index (χ0v) is 12.3. The summed E-state index contributed by atoms with van der Waals surface area (Å²) in [6.07, 6.45) is 10.9. The fraction of sp³-hybridized carbons (Fsp3) is 0.588. The van der Waals surface area contributed by atoms with Gasteiger partial charge in [-0.3, -0.25) is 0 Å². The molecule has 2 nitrogen and oxygen atoms in total. The Bertz CT molecular complexity index is 537. The zero-order valence-electron chi connectivity index (χ0n) is 12.3. The highest BCUT2D eigenvalue weighted by atomic mass is 14.9. The number of rotatable bonds is 1. The van der Waals surface area contributed by atoms with Crippen LogP contribution < -0.4 is 0 Å². The number of nitrogens with one attached hydrogen (secondary N) is 1. The molecule has 0 radical (unpaired) electrons. The second-order valence-electron chi connectivity index (χ2n) is 6.43. The van der Waals surface area contributed by atoms with Crippen LogP contribution in [0, 0.1) is 5.92 Å². The Labute approximate surface area is 117 Å². The molecule has 0 amide bonds. The molecule has 0 saturated heterocycles. The molecule has 1 heterocycles. The largest absolute Gasteiger partial charge is 0.345 e. The van der Waals surface area contributed by atoms with Gasteiger partial charge in [-0.1, -0.05) is 26.8 Å². The number of fused-ring (bicyclic) bond motifs is 2. The maximum Gasteiger partial charge on any atom is 0.109 e. The molecule has 2 aliphatic rings. The molecule has 1 aromatic heterocycles. The van der Waals surface area contributed by atoms with Gasteiger partial charge in [-0.25, -0.2) is 4.98 Å². The van der Waals surface area contributed by atoms with Gasteiger partial charge in [0.2, 0.25) is 0 Å². The van der Waals surface area contributed by atoms with Gasteiger partial charge >= 0.3 is 0 Å². The van der Waals surface area contributed by atoms with Crippen molar-refractivity contribution in [2.45, 2.75) is 58.8 Å². The lowest BCUT2D eigenvalue weighted by Crippen LogP contribution is -1.91. The summed E-state index contributed by atoms with van der Waals surface area (Å²) >= 11 is 0. The highest BCUT2D eigenvalue weighted by Gasteiger charge is 2.19. The quantitative estimate of drug-likeness (QED) is 0.766. The van der Waals surface area contributed by atoms with E-state index in [1.54, 1.807) is 5.57 Å². The summed E-state index contributed by atoms with van der Waals surface area (Å²) in [5, 5.41) is 0. The first-order valence-electron chi connectivity index (χ1n) is 7.62. The van der Waals surface area contributed by atoms with Gasteiger partial charge in [-0.15, -0.1) is 0 Å². The van der Waals surface area contributed by atoms with Crippen molar-refractivity contribution < 1.29 is 1.43 Å². The second kappa shape index (κ2) is 4.99. The molecule has 0 bridgehead atoms. The van der Waals surface area contributed by atoms with Crippen LogP contribution in [0.3, 0.4) is 0 Å². The monoisotopic (exact) mass is 258 g/mol. The van der Waals surface area contributed by atoms with E-state index in [4.69, 9.17) is 4.98 Å². The molecule has 0 aromatic carbocycles. The summed E-state index contributed by atoms with van der Waals surface area (Å²) in [6, 6.07) is 0. The minimum absolute atomic E-state index is 0. The molecular weight excluding hydrogens is 232 g/mol. The van der Waals surface area contributed by atoms with Gasteiger partial charge in [0.25, 0.3) is 0 Å². The van der Waals surface area contributed by atoms with E-state index in [0.29, 0.717) is 5.92 Å². The molecule has 0 aliphatic heterocycles. The zero-order chi connectivity index (χ0) is 13.4. The number of allylic oxidation sites excluding steroid dienone is 3. The Morgan fingerprint density at radius 3 is 2.74 bits per heavy atom. The third kappa shape index (κ3) is 2.54. The van der Waals surface area contributed by atoms with E-state index in [1.165, 1.54) is 42.6 Å². The molecule has 0 spiro atoms. The SMILES string of the molecule is CC1CCC2=CCc3[nH]c(C(C)C)nc3C=C2CC1.[HH]. The number of hydrogen-bond acceptors (Lipinski definition) is 1. The van der Waals surface area contributed by atoms with Crippen LogP contribution >= 0.6 is 0 Å².